The maximum Gasteiger partial charge on any atom is 0.266 e. The number of rotatable bonds is 3. The van der Waals surface area contributed by atoms with Crippen molar-refractivity contribution < 1.29 is 4.79 Å². The average Bonchev–Trinajstić information content (AvgIpc) is 3.14. The van der Waals surface area contributed by atoms with Crippen molar-refractivity contribution in [1.29, 1.82) is 0 Å². The molecule has 3 aromatic rings. The summed E-state index contributed by atoms with van der Waals surface area (Å²) in [5, 5.41) is 13.6. The van der Waals surface area contributed by atoms with Crippen LogP contribution in [-0.2, 0) is 11.3 Å². The number of carbonyl (C=O) groups excluding carboxylic acids is 1. The molecule has 0 radical (unpaired) electrons. The summed E-state index contributed by atoms with van der Waals surface area (Å²) >= 11 is 0. The number of amides is 1. The van der Waals surface area contributed by atoms with Gasteiger partial charge in [0.15, 0.2) is 12.0 Å². The van der Waals surface area contributed by atoms with Gasteiger partial charge in [-0.15, -0.1) is 22.1 Å². The highest BCUT2D eigenvalue weighted by Gasteiger charge is 2.30. The number of nitrogens with zero attached hydrogens (tertiary/aromatic N) is 5. The molecular formula is C17H16BrN7O. The lowest BCUT2D eigenvalue weighted by Gasteiger charge is -2.22. The molecule has 1 unspecified atom stereocenters. The molecule has 132 valence electrons. The number of para-hydroxylation sites is 1. The van der Waals surface area contributed by atoms with Gasteiger partial charge >= 0.3 is 0 Å². The normalized spacial score (nSPS) is 16.3. The first-order valence-corrected chi connectivity index (χ1v) is 7.76. The molecule has 8 nitrogen and oxygen atoms in total. The first-order chi connectivity index (χ1) is 12.2. The van der Waals surface area contributed by atoms with Gasteiger partial charge in [-0.3, -0.25) is 9.79 Å². The number of nitrogens with two attached hydrogens (primary N) is 1. The van der Waals surface area contributed by atoms with Crippen LogP contribution in [0.3, 0.4) is 0 Å². The Morgan fingerprint density at radius 1 is 1.08 bits per heavy atom. The van der Waals surface area contributed by atoms with Gasteiger partial charge in [-0.1, -0.05) is 48.5 Å². The topological polar surface area (TPSA) is 113 Å². The molecule has 0 saturated carbocycles. The van der Waals surface area contributed by atoms with Gasteiger partial charge in [-0.05, 0) is 16.5 Å². The minimum absolute atomic E-state index is 0. The summed E-state index contributed by atoms with van der Waals surface area (Å²) in [7, 11) is 0. The van der Waals surface area contributed by atoms with Crippen molar-refractivity contribution >= 4 is 34.3 Å². The number of hydrogen-bond donors (Lipinski definition) is 2. The minimum Gasteiger partial charge on any atom is -0.302 e. The average molecular weight is 414 g/mol. The van der Waals surface area contributed by atoms with E-state index >= 15 is 0 Å². The smallest absolute Gasteiger partial charge is 0.266 e. The summed E-state index contributed by atoms with van der Waals surface area (Å²) in [6.45, 7) is 0.189. The van der Waals surface area contributed by atoms with E-state index in [-0.39, 0.29) is 29.4 Å². The number of nitrogens with one attached hydrogen (secondary N) is 1. The third-order valence-corrected chi connectivity index (χ3v) is 3.98. The summed E-state index contributed by atoms with van der Waals surface area (Å²) in [6, 6.07) is 17.3. The quantitative estimate of drug-likeness (QED) is 0.674. The summed E-state index contributed by atoms with van der Waals surface area (Å²) < 4.78 is 0. The highest BCUT2D eigenvalue weighted by molar-refractivity contribution is 8.93. The molecule has 2 heterocycles. The Hall–Kier alpha value is -2.91. The monoisotopic (exact) mass is 413 g/mol. The Morgan fingerprint density at radius 3 is 2.54 bits per heavy atom. The number of H-pyrrole nitrogens is 1. The largest absolute Gasteiger partial charge is 0.302 e. The Kier molecular flexibility index (Phi) is 5.19. The summed E-state index contributed by atoms with van der Waals surface area (Å²) in [6.07, 6.45) is -1.00. The van der Waals surface area contributed by atoms with Gasteiger partial charge in [-0.2, -0.15) is 0 Å². The van der Waals surface area contributed by atoms with E-state index in [0.29, 0.717) is 11.5 Å². The molecule has 0 aliphatic carbocycles. The lowest BCUT2D eigenvalue weighted by molar-refractivity contribution is -0.119. The van der Waals surface area contributed by atoms with Crippen molar-refractivity contribution in [2.75, 3.05) is 4.90 Å². The molecular weight excluding hydrogens is 398 g/mol. The van der Waals surface area contributed by atoms with E-state index in [1.807, 2.05) is 54.6 Å². The van der Waals surface area contributed by atoms with Gasteiger partial charge < -0.3 is 10.6 Å². The number of hydrogen-bond acceptors (Lipinski definition) is 6. The first-order valence-electron chi connectivity index (χ1n) is 7.76. The zero-order chi connectivity index (χ0) is 17.2. The lowest BCUT2D eigenvalue weighted by atomic mass is 10.0. The molecule has 3 N–H and O–H groups in total. The molecule has 26 heavy (non-hydrogen) atoms. The van der Waals surface area contributed by atoms with E-state index < -0.39 is 6.17 Å². The van der Waals surface area contributed by atoms with Crippen LogP contribution >= 0.6 is 17.0 Å². The van der Waals surface area contributed by atoms with Gasteiger partial charge in [0.2, 0.25) is 0 Å². The Morgan fingerprint density at radius 2 is 1.81 bits per heavy atom. The van der Waals surface area contributed by atoms with E-state index in [1.54, 1.807) is 4.90 Å². The molecule has 1 atom stereocenters. The van der Waals surface area contributed by atoms with Crippen LogP contribution in [0.15, 0.2) is 59.6 Å². The Labute approximate surface area is 159 Å². The van der Waals surface area contributed by atoms with E-state index in [2.05, 4.69) is 25.6 Å². The number of halogens is 1. The molecule has 0 spiro atoms. The van der Waals surface area contributed by atoms with Crippen molar-refractivity contribution in [2.45, 2.75) is 12.7 Å². The molecule has 2 aromatic carbocycles. The minimum atomic E-state index is -1.00. The van der Waals surface area contributed by atoms with Crippen molar-refractivity contribution in [3.63, 3.8) is 0 Å². The molecule has 4 rings (SSSR count). The third kappa shape index (κ3) is 3.26. The molecule has 0 saturated heterocycles. The van der Waals surface area contributed by atoms with Crippen molar-refractivity contribution in [1.82, 2.24) is 20.6 Å². The van der Waals surface area contributed by atoms with Crippen LogP contribution in [0, 0.1) is 0 Å². The van der Waals surface area contributed by atoms with E-state index in [4.69, 9.17) is 5.73 Å². The second-order valence-corrected chi connectivity index (χ2v) is 5.58. The van der Waals surface area contributed by atoms with Gasteiger partial charge in [0, 0.05) is 11.1 Å². The fourth-order valence-corrected chi connectivity index (χ4v) is 2.84. The van der Waals surface area contributed by atoms with Crippen molar-refractivity contribution in [2.24, 2.45) is 10.7 Å². The fourth-order valence-electron chi connectivity index (χ4n) is 2.84. The number of aromatic nitrogens is 4. The fraction of sp³-hybridized carbons (Fsp3) is 0.118. The van der Waals surface area contributed by atoms with Crippen molar-refractivity contribution in [3.8, 4) is 0 Å². The molecule has 1 amide bonds. The maximum absolute atomic E-state index is 12.8. The van der Waals surface area contributed by atoms with Crippen LogP contribution in [-0.4, -0.2) is 38.4 Å². The van der Waals surface area contributed by atoms with Crippen molar-refractivity contribution in [3.05, 3.63) is 71.5 Å². The second kappa shape index (κ2) is 7.54. The zero-order valence-corrected chi connectivity index (χ0v) is 15.3. The number of benzodiazepines with no additional fused rings is 1. The SMILES string of the molecule is Br.NC1N=C(c2ccccc2)c2ccccc2N(Cc2nnn[nH]2)C1=O. The summed E-state index contributed by atoms with van der Waals surface area (Å²) in [5.74, 6) is 0.160. The van der Waals surface area contributed by atoms with Gasteiger partial charge in [0.1, 0.15) is 0 Å². The summed E-state index contributed by atoms with van der Waals surface area (Å²) in [4.78, 5) is 18.9. The number of aliphatic imine (C=N–C) groups is 1. The number of tetrazole rings is 1. The maximum atomic E-state index is 12.8. The van der Waals surface area contributed by atoms with Crippen LogP contribution in [0.5, 0.6) is 0 Å². The standard InChI is InChI=1S/C17H15N7O.BrH/c18-16-17(25)24(10-14-20-22-23-21-14)13-9-5-4-8-12(13)15(19-16)11-6-2-1-3-7-11;/h1-9,16H,10,18H2,(H,20,21,22,23);1H. The molecule has 0 fully saturated rings. The lowest BCUT2D eigenvalue weighted by Crippen LogP contribution is -2.42. The van der Waals surface area contributed by atoms with Crippen LogP contribution in [0.4, 0.5) is 5.69 Å². The summed E-state index contributed by atoms with van der Waals surface area (Å²) in [5.41, 5.74) is 9.22. The Balaban J connectivity index is 0.00000196. The van der Waals surface area contributed by atoms with Crippen LogP contribution in [0.25, 0.3) is 0 Å². The van der Waals surface area contributed by atoms with Gasteiger partial charge in [0.05, 0.1) is 17.9 Å². The van der Waals surface area contributed by atoms with Gasteiger partial charge in [-0.25, -0.2) is 5.10 Å². The second-order valence-electron chi connectivity index (χ2n) is 5.58. The molecule has 1 aliphatic heterocycles. The van der Waals surface area contributed by atoms with Gasteiger partial charge in [0.25, 0.3) is 5.91 Å². The van der Waals surface area contributed by atoms with E-state index in [1.165, 1.54) is 0 Å². The van der Waals surface area contributed by atoms with Crippen LogP contribution in [0.1, 0.15) is 17.0 Å². The van der Waals surface area contributed by atoms with Crippen LogP contribution < -0.4 is 10.6 Å². The predicted molar refractivity (Wildman–Crippen MR) is 102 cm³/mol. The number of carbonyl (C=O) groups is 1. The molecule has 0 bridgehead atoms. The molecule has 9 heteroatoms. The first kappa shape index (κ1) is 17.9. The molecule has 1 aromatic heterocycles. The van der Waals surface area contributed by atoms with E-state index in [9.17, 15) is 4.79 Å². The number of aromatic amines is 1. The zero-order valence-electron chi connectivity index (χ0n) is 13.6. The Bertz CT molecular complexity index is 927. The predicted octanol–water partition coefficient (Wildman–Crippen LogP) is 1.45. The highest BCUT2D eigenvalue weighted by Crippen LogP contribution is 2.28. The number of benzene rings is 2. The third-order valence-electron chi connectivity index (χ3n) is 3.98. The number of fused-ring (bicyclic) bond motifs is 1. The highest BCUT2D eigenvalue weighted by atomic mass is 79.9. The van der Waals surface area contributed by atoms with Crippen LogP contribution in [0.2, 0.25) is 0 Å². The van der Waals surface area contributed by atoms with E-state index in [0.717, 1.165) is 16.8 Å². The number of anilines is 1. The molecule has 1 aliphatic rings.